The highest BCUT2D eigenvalue weighted by Gasteiger charge is 2.16. The second-order valence-corrected chi connectivity index (χ2v) is 5.05. The number of hydrogen-bond donors (Lipinski definition) is 0. The predicted molar refractivity (Wildman–Crippen MR) is 76.0 cm³/mol. The van der Waals surface area contributed by atoms with Gasteiger partial charge in [-0.25, -0.2) is 4.79 Å². The van der Waals surface area contributed by atoms with E-state index in [1.54, 1.807) is 19.3 Å². The van der Waals surface area contributed by atoms with Gasteiger partial charge in [-0.3, -0.25) is 0 Å². The zero-order chi connectivity index (χ0) is 13.7. The number of furan rings is 1. The molecule has 0 fully saturated rings. The van der Waals surface area contributed by atoms with Crippen molar-refractivity contribution in [2.45, 2.75) is 26.7 Å². The second kappa shape index (κ2) is 4.14. The molecule has 2 heterocycles. The molecule has 0 saturated carbocycles. The summed E-state index contributed by atoms with van der Waals surface area (Å²) in [4.78, 5) is 11.7. The van der Waals surface area contributed by atoms with E-state index in [1.807, 2.05) is 13.8 Å². The van der Waals surface area contributed by atoms with Crippen LogP contribution < -0.4 is 5.63 Å². The van der Waals surface area contributed by atoms with Crippen LogP contribution in [0.5, 0.6) is 0 Å². The van der Waals surface area contributed by atoms with Crippen molar-refractivity contribution in [3.05, 3.63) is 45.0 Å². The molecule has 1 aromatic carbocycles. The molecule has 0 unspecified atom stereocenters. The van der Waals surface area contributed by atoms with Crippen molar-refractivity contribution >= 4 is 33.5 Å². The van der Waals surface area contributed by atoms with E-state index in [1.165, 1.54) is 0 Å². The molecule has 98 valence electrons. The Morgan fingerprint density at radius 2 is 1.79 bits per heavy atom. The quantitative estimate of drug-likeness (QED) is 0.494. The standard InChI is InChI=1S/C15H13ClO3/c1-7-8(2)15(17)19-12-4-11-14(9(3)13(7)12)10(5-16)6-18-11/h4,6H,5H2,1-3H3. The molecule has 0 aliphatic rings. The van der Waals surface area contributed by atoms with Crippen molar-refractivity contribution in [3.63, 3.8) is 0 Å². The van der Waals surface area contributed by atoms with E-state index in [9.17, 15) is 4.79 Å². The van der Waals surface area contributed by atoms with Crippen LogP contribution in [0.3, 0.4) is 0 Å². The lowest BCUT2D eigenvalue weighted by atomic mass is 9.98. The van der Waals surface area contributed by atoms with Crippen LogP contribution in [0.15, 0.2) is 26.0 Å². The first kappa shape index (κ1) is 12.3. The predicted octanol–water partition coefficient (Wildman–Crippen LogP) is 4.20. The second-order valence-electron chi connectivity index (χ2n) is 4.78. The van der Waals surface area contributed by atoms with E-state index >= 15 is 0 Å². The summed E-state index contributed by atoms with van der Waals surface area (Å²) in [7, 11) is 0. The number of aryl methyl sites for hydroxylation is 2. The third kappa shape index (κ3) is 1.61. The van der Waals surface area contributed by atoms with E-state index in [0.29, 0.717) is 22.6 Å². The van der Waals surface area contributed by atoms with Gasteiger partial charge < -0.3 is 8.83 Å². The minimum Gasteiger partial charge on any atom is -0.464 e. The number of fused-ring (bicyclic) bond motifs is 2. The Hall–Kier alpha value is -1.74. The number of halogens is 1. The maximum absolute atomic E-state index is 11.7. The SMILES string of the molecule is Cc1c(C)c2c(C)c3c(CCl)coc3cc2oc1=O. The zero-order valence-corrected chi connectivity index (χ0v) is 11.7. The van der Waals surface area contributed by atoms with Crippen molar-refractivity contribution < 1.29 is 8.83 Å². The first-order valence-corrected chi connectivity index (χ1v) is 6.57. The van der Waals surface area contributed by atoms with E-state index < -0.39 is 0 Å². The topological polar surface area (TPSA) is 43.4 Å². The van der Waals surface area contributed by atoms with Crippen molar-refractivity contribution in [1.82, 2.24) is 0 Å². The molecule has 3 rings (SSSR count). The van der Waals surface area contributed by atoms with Crippen molar-refractivity contribution in [3.8, 4) is 0 Å². The summed E-state index contributed by atoms with van der Waals surface area (Å²) in [5.41, 5.74) is 4.56. The third-order valence-electron chi connectivity index (χ3n) is 3.74. The smallest absolute Gasteiger partial charge is 0.339 e. The lowest BCUT2D eigenvalue weighted by Gasteiger charge is -2.08. The van der Waals surface area contributed by atoms with Gasteiger partial charge in [-0.05, 0) is 31.9 Å². The van der Waals surface area contributed by atoms with Gasteiger partial charge in [0.2, 0.25) is 0 Å². The zero-order valence-electron chi connectivity index (χ0n) is 11.0. The maximum atomic E-state index is 11.7. The summed E-state index contributed by atoms with van der Waals surface area (Å²) < 4.78 is 10.8. The number of benzene rings is 1. The van der Waals surface area contributed by atoms with Gasteiger partial charge in [0.15, 0.2) is 0 Å². The third-order valence-corrected chi connectivity index (χ3v) is 4.03. The molecule has 0 aliphatic carbocycles. The largest absolute Gasteiger partial charge is 0.464 e. The molecule has 0 radical (unpaired) electrons. The molecule has 0 N–H and O–H groups in total. The summed E-state index contributed by atoms with van der Waals surface area (Å²) in [5, 5.41) is 1.98. The lowest BCUT2D eigenvalue weighted by Crippen LogP contribution is -2.06. The molecule has 0 spiro atoms. The van der Waals surface area contributed by atoms with Crippen LogP contribution in [0.25, 0.3) is 21.9 Å². The highest BCUT2D eigenvalue weighted by Crippen LogP contribution is 2.33. The summed E-state index contributed by atoms with van der Waals surface area (Å²) in [6.45, 7) is 5.72. The van der Waals surface area contributed by atoms with Crippen LogP contribution in [0, 0.1) is 20.8 Å². The Morgan fingerprint density at radius 1 is 1.05 bits per heavy atom. The molecule has 3 nitrogen and oxygen atoms in total. The van der Waals surface area contributed by atoms with E-state index in [4.69, 9.17) is 20.4 Å². The van der Waals surface area contributed by atoms with Crippen LogP contribution in [0.2, 0.25) is 0 Å². The minimum absolute atomic E-state index is 0.298. The summed E-state index contributed by atoms with van der Waals surface area (Å²) >= 11 is 5.93. The Labute approximate surface area is 114 Å². The Morgan fingerprint density at radius 3 is 2.47 bits per heavy atom. The van der Waals surface area contributed by atoms with Crippen LogP contribution >= 0.6 is 11.6 Å². The molecular weight excluding hydrogens is 264 g/mol. The van der Waals surface area contributed by atoms with Gasteiger partial charge in [-0.15, -0.1) is 11.6 Å². The van der Waals surface area contributed by atoms with Gasteiger partial charge >= 0.3 is 5.63 Å². The van der Waals surface area contributed by atoms with Crippen molar-refractivity contribution in [2.24, 2.45) is 0 Å². The van der Waals surface area contributed by atoms with E-state index in [-0.39, 0.29) is 5.63 Å². The molecular formula is C15H13ClO3. The molecule has 3 aromatic rings. The fourth-order valence-corrected chi connectivity index (χ4v) is 2.80. The van der Waals surface area contributed by atoms with Gasteiger partial charge in [-0.2, -0.15) is 0 Å². The first-order chi connectivity index (χ1) is 9.04. The fraction of sp³-hybridized carbons (Fsp3) is 0.267. The van der Waals surface area contributed by atoms with Crippen molar-refractivity contribution in [2.75, 3.05) is 0 Å². The normalized spacial score (nSPS) is 11.6. The van der Waals surface area contributed by atoms with Gasteiger partial charge in [0, 0.05) is 28.0 Å². The van der Waals surface area contributed by atoms with Gasteiger partial charge in [0.1, 0.15) is 11.2 Å². The molecule has 0 bridgehead atoms. The fourth-order valence-electron chi connectivity index (χ4n) is 2.61. The molecule has 19 heavy (non-hydrogen) atoms. The summed E-state index contributed by atoms with van der Waals surface area (Å²) in [6.07, 6.45) is 1.66. The van der Waals surface area contributed by atoms with Crippen LogP contribution in [-0.2, 0) is 5.88 Å². The van der Waals surface area contributed by atoms with Crippen LogP contribution in [-0.4, -0.2) is 0 Å². The Bertz CT molecular complexity index is 855. The average Bonchev–Trinajstić information content (AvgIpc) is 2.79. The monoisotopic (exact) mass is 276 g/mol. The van der Waals surface area contributed by atoms with Crippen molar-refractivity contribution in [1.29, 1.82) is 0 Å². The highest BCUT2D eigenvalue weighted by atomic mass is 35.5. The number of hydrogen-bond acceptors (Lipinski definition) is 3. The van der Waals surface area contributed by atoms with Crippen LogP contribution in [0.4, 0.5) is 0 Å². The number of alkyl halides is 1. The summed E-state index contributed by atoms with van der Waals surface area (Å²) in [6, 6.07) is 1.77. The van der Waals surface area contributed by atoms with Gasteiger partial charge in [-0.1, -0.05) is 0 Å². The lowest BCUT2D eigenvalue weighted by molar-refractivity contribution is 0.552. The Kier molecular flexibility index (Phi) is 2.68. The van der Waals surface area contributed by atoms with Gasteiger partial charge in [0.05, 0.1) is 12.1 Å². The maximum Gasteiger partial charge on any atom is 0.339 e. The van der Waals surface area contributed by atoms with Gasteiger partial charge in [0.25, 0.3) is 0 Å². The number of rotatable bonds is 1. The minimum atomic E-state index is -0.298. The molecule has 2 aromatic heterocycles. The first-order valence-electron chi connectivity index (χ1n) is 6.04. The average molecular weight is 277 g/mol. The van der Waals surface area contributed by atoms with E-state index in [2.05, 4.69) is 0 Å². The van der Waals surface area contributed by atoms with E-state index in [0.717, 1.165) is 27.5 Å². The molecule has 0 aliphatic heterocycles. The summed E-state index contributed by atoms with van der Waals surface area (Å²) in [5.74, 6) is 0.397. The molecule has 0 atom stereocenters. The molecule has 4 heteroatoms. The Balaban J connectivity index is 2.61. The molecule has 0 amide bonds. The molecule has 0 saturated heterocycles. The highest BCUT2D eigenvalue weighted by molar-refractivity contribution is 6.18. The van der Waals surface area contributed by atoms with Crippen LogP contribution in [0.1, 0.15) is 22.3 Å².